The SMILES string of the molecule is CC(=O)N1CCCC(C(=O)N2CCN(c3nc(C)cc(C)n3)CC2)C1. The van der Waals surface area contributed by atoms with Crippen molar-refractivity contribution in [3.63, 3.8) is 0 Å². The first-order chi connectivity index (χ1) is 11.9. The van der Waals surface area contributed by atoms with Gasteiger partial charge >= 0.3 is 0 Å². The number of aromatic nitrogens is 2. The van der Waals surface area contributed by atoms with Crippen molar-refractivity contribution < 1.29 is 9.59 Å². The molecule has 1 aromatic heterocycles. The molecule has 0 N–H and O–H groups in total. The maximum atomic E-state index is 12.8. The van der Waals surface area contributed by atoms with Gasteiger partial charge in [0.15, 0.2) is 0 Å². The maximum absolute atomic E-state index is 12.8. The molecule has 0 aliphatic carbocycles. The lowest BCUT2D eigenvalue weighted by Gasteiger charge is -2.39. The largest absolute Gasteiger partial charge is 0.342 e. The molecule has 2 aliphatic rings. The Bertz CT molecular complexity index is 635. The van der Waals surface area contributed by atoms with Crippen LogP contribution < -0.4 is 4.90 Å². The van der Waals surface area contributed by atoms with E-state index in [9.17, 15) is 9.59 Å². The summed E-state index contributed by atoms with van der Waals surface area (Å²) < 4.78 is 0. The Morgan fingerprint density at radius 2 is 1.64 bits per heavy atom. The van der Waals surface area contributed by atoms with Crippen LogP contribution in [0.25, 0.3) is 0 Å². The number of hydrogen-bond donors (Lipinski definition) is 0. The Labute approximate surface area is 149 Å². The van der Waals surface area contributed by atoms with E-state index in [1.54, 1.807) is 11.8 Å². The van der Waals surface area contributed by atoms with E-state index in [0.717, 1.165) is 49.8 Å². The number of carbonyl (C=O) groups is 2. The van der Waals surface area contributed by atoms with E-state index in [1.165, 1.54) is 0 Å². The van der Waals surface area contributed by atoms with Crippen molar-refractivity contribution in [1.29, 1.82) is 0 Å². The van der Waals surface area contributed by atoms with E-state index in [-0.39, 0.29) is 17.7 Å². The van der Waals surface area contributed by atoms with E-state index in [4.69, 9.17) is 0 Å². The lowest BCUT2D eigenvalue weighted by Crippen LogP contribution is -2.53. The van der Waals surface area contributed by atoms with E-state index >= 15 is 0 Å². The third-order valence-corrected chi connectivity index (χ3v) is 5.06. The van der Waals surface area contributed by atoms with Crippen LogP contribution in [-0.4, -0.2) is 70.9 Å². The fraction of sp³-hybridized carbons (Fsp3) is 0.667. The van der Waals surface area contributed by atoms with Crippen LogP contribution in [0.1, 0.15) is 31.2 Å². The topological polar surface area (TPSA) is 69.6 Å². The number of anilines is 1. The molecule has 0 spiro atoms. The minimum Gasteiger partial charge on any atom is -0.342 e. The molecule has 7 nitrogen and oxygen atoms in total. The van der Waals surface area contributed by atoms with Gasteiger partial charge in [-0.1, -0.05) is 0 Å². The van der Waals surface area contributed by atoms with Gasteiger partial charge in [-0.3, -0.25) is 9.59 Å². The standard InChI is InChI=1S/C18H27N5O2/c1-13-11-14(2)20-18(19-13)22-9-7-21(8-10-22)17(25)16-5-4-6-23(12-16)15(3)24/h11,16H,4-10,12H2,1-3H3. The number of aryl methyl sites for hydroxylation is 2. The van der Waals surface area contributed by atoms with Crippen molar-refractivity contribution in [3.8, 4) is 0 Å². The highest BCUT2D eigenvalue weighted by atomic mass is 16.2. The number of nitrogens with zero attached hydrogens (tertiary/aromatic N) is 5. The first kappa shape index (κ1) is 17.6. The summed E-state index contributed by atoms with van der Waals surface area (Å²) in [5, 5.41) is 0. The third-order valence-electron chi connectivity index (χ3n) is 5.06. The number of rotatable bonds is 2. The Balaban J connectivity index is 1.58. The van der Waals surface area contributed by atoms with E-state index in [2.05, 4.69) is 14.9 Å². The summed E-state index contributed by atoms with van der Waals surface area (Å²) in [7, 11) is 0. The minimum atomic E-state index is -0.0540. The molecular formula is C18H27N5O2. The molecule has 25 heavy (non-hydrogen) atoms. The monoisotopic (exact) mass is 345 g/mol. The summed E-state index contributed by atoms with van der Waals surface area (Å²) in [5.74, 6) is 0.952. The first-order valence-electron chi connectivity index (χ1n) is 9.05. The average Bonchev–Trinajstić information content (AvgIpc) is 2.60. The zero-order valence-corrected chi connectivity index (χ0v) is 15.4. The van der Waals surface area contributed by atoms with Gasteiger partial charge in [0.05, 0.1) is 5.92 Å². The van der Waals surface area contributed by atoms with E-state index < -0.39 is 0 Å². The average molecular weight is 345 g/mol. The van der Waals surface area contributed by atoms with Gasteiger partial charge in [0, 0.05) is 57.6 Å². The molecule has 3 heterocycles. The predicted molar refractivity (Wildman–Crippen MR) is 95.3 cm³/mol. The molecule has 0 aromatic carbocycles. The lowest BCUT2D eigenvalue weighted by molar-refractivity contribution is -0.140. The molecule has 1 atom stereocenters. The number of amides is 2. The molecule has 3 rings (SSSR count). The van der Waals surface area contributed by atoms with E-state index in [0.29, 0.717) is 19.6 Å². The number of piperidine rings is 1. The second kappa shape index (κ2) is 7.37. The molecule has 0 radical (unpaired) electrons. The second-order valence-corrected chi connectivity index (χ2v) is 7.07. The number of piperazine rings is 1. The van der Waals surface area contributed by atoms with Crippen molar-refractivity contribution in [3.05, 3.63) is 17.5 Å². The minimum absolute atomic E-state index is 0.0540. The molecule has 0 saturated carbocycles. The Kier molecular flexibility index (Phi) is 5.20. The van der Waals surface area contributed by atoms with Crippen molar-refractivity contribution in [2.75, 3.05) is 44.2 Å². The highest BCUT2D eigenvalue weighted by Crippen LogP contribution is 2.21. The second-order valence-electron chi connectivity index (χ2n) is 7.07. The summed E-state index contributed by atoms with van der Waals surface area (Å²) in [5.41, 5.74) is 1.93. The molecule has 136 valence electrons. The number of carbonyl (C=O) groups excluding carboxylic acids is 2. The Morgan fingerprint density at radius 3 is 2.24 bits per heavy atom. The van der Waals surface area contributed by atoms with Crippen molar-refractivity contribution in [2.45, 2.75) is 33.6 Å². The van der Waals surface area contributed by atoms with Crippen LogP contribution in [0.2, 0.25) is 0 Å². The van der Waals surface area contributed by atoms with Crippen molar-refractivity contribution in [1.82, 2.24) is 19.8 Å². The predicted octanol–water partition coefficient (Wildman–Crippen LogP) is 1.00. The third kappa shape index (κ3) is 4.08. The summed E-state index contributed by atoms with van der Waals surface area (Å²) in [6.45, 7) is 9.73. The molecule has 2 amide bonds. The van der Waals surface area contributed by atoms with E-state index in [1.807, 2.05) is 24.8 Å². The van der Waals surface area contributed by atoms with Gasteiger partial charge in [-0.15, -0.1) is 0 Å². The quantitative estimate of drug-likeness (QED) is 0.800. The van der Waals surface area contributed by atoms with Crippen molar-refractivity contribution in [2.24, 2.45) is 5.92 Å². The number of hydrogen-bond acceptors (Lipinski definition) is 5. The zero-order chi connectivity index (χ0) is 18.0. The van der Waals surface area contributed by atoms with Gasteiger partial charge in [-0.25, -0.2) is 9.97 Å². The van der Waals surface area contributed by atoms with Gasteiger partial charge in [0.2, 0.25) is 17.8 Å². The van der Waals surface area contributed by atoms with Crippen LogP contribution in [0.3, 0.4) is 0 Å². The van der Waals surface area contributed by atoms with Crippen molar-refractivity contribution >= 4 is 17.8 Å². The fourth-order valence-corrected chi connectivity index (χ4v) is 3.70. The van der Waals surface area contributed by atoms with Gasteiger partial charge < -0.3 is 14.7 Å². The summed E-state index contributed by atoms with van der Waals surface area (Å²) in [4.78, 5) is 39.3. The van der Waals surface area contributed by atoms with Gasteiger partial charge in [0.1, 0.15) is 0 Å². The summed E-state index contributed by atoms with van der Waals surface area (Å²) >= 11 is 0. The normalized spacial score (nSPS) is 21.4. The molecule has 2 aliphatic heterocycles. The fourth-order valence-electron chi connectivity index (χ4n) is 3.70. The Morgan fingerprint density at radius 1 is 1.00 bits per heavy atom. The van der Waals surface area contributed by atoms with Gasteiger partial charge in [-0.05, 0) is 32.8 Å². The molecule has 7 heteroatoms. The molecule has 1 aromatic rings. The van der Waals surface area contributed by atoms with Crippen LogP contribution in [0.5, 0.6) is 0 Å². The highest BCUT2D eigenvalue weighted by Gasteiger charge is 2.32. The van der Waals surface area contributed by atoms with Crippen LogP contribution >= 0.6 is 0 Å². The smallest absolute Gasteiger partial charge is 0.227 e. The van der Waals surface area contributed by atoms with Crippen LogP contribution in [0, 0.1) is 19.8 Å². The highest BCUT2D eigenvalue weighted by molar-refractivity contribution is 5.81. The van der Waals surface area contributed by atoms with Crippen LogP contribution in [0.4, 0.5) is 5.95 Å². The van der Waals surface area contributed by atoms with Crippen LogP contribution in [-0.2, 0) is 9.59 Å². The molecule has 2 fully saturated rings. The molecule has 1 unspecified atom stereocenters. The molecular weight excluding hydrogens is 318 g/mol. The molecule has 0 bridgehead atoms. The number of likely N-dealkylation sites (tertiary alicyclic amines) is 1. The zero-order valence-electron chi connectivity index (χ0n) is 15.4. The lowest BCUT2D eigenvalue weighted by atomic mass is 9.96. The Hall–Kier alpha value is -2.18. The summed E-state index contributed by atoms with van der Waals surface area (Å²) in [6.07, 6.45) is 1.79. The van der Waals surface area contributed by atoms with Crippen LogP contribution in [0.15, 0.2) is 6.07 Å². The first-order valence-corrected chi connectivity index (χ1v) is 9.05. The summed E-state index contributed by atoms with van der Waals surface area (Å²) in [6, 6.07) is 1.97. The van der Waals surface area contributed by atoms with Gasteiger partial charge in [0.25, 0.3) is 0 Å². The van der Waals surface area contributed by atoms with Gasteiger partial charge in [-0.2, -0.15) is 0 Å². The maximum Gasteiger partial charge on any atom is 0.227 e. The molecule has 2 saturated heterocycles.